The molecule has 0 saturated heterocycles. The summed E-state index contributed by atoms with van der Waals surface area (Å²) in [6, 6.07) is 20.2. The van der Waals surface area contributed by atoms with Crippen molar-refractivity contribution in [3.8, 4) is 22.4 Å². The molecule has 0 saturated carbocycles. The number of carbonyl (C=O) groups is 1. The van der Waals surface area contributed by atoms with Gasteiger partial charge in [0.1, 0.15) is 0 Å². The van der Waals surface area contributed by atoms with Gasteiger partial charge in [-0.25, -0.2) is 4.79 Å². The van der Waals surface area contributed by atoms with E-state index in [-0.39, 0.29) is 5.97 Å². The quantitative estimate of drug-likeness (QED) is 0.620. The lowest BCUT2D eigenvalue weighted by Crippen LogP contribution is -2.04. The third-order valence-corrected chi connectivity index (χ3v) is 4.83. The number of fused-ring (bicyclic) bond motifs is 1. The van der Waals surface area contributed by atoms with Gasteiger partial charge in [-0.05, 0) is 61.1 Å². The highest BCUT2D eigenvalue weighted by Gasteiger charge is 2.19. The van der Waals surface area contributed by atoms with E-state index in [4.69, 9.17) is 9.72 Å². The van der Waals surface area contributed by atoms with Crippen LogP contribution in [0.1, 0.15) is 35.0 Å². The molecule has 1 aliphatic carbocycles. The third-order valence-electron chi connectivity index (χ3n) is 4.83. The van der Waals surface area contributed by atoms with Crippen LogP contribution in [0.15, 0.2) is 60.7 Å². The smallest absolute Gasteiger partial charge is 0.338 e. The molecule has 1 aliphatic rings. The first-order valence-electron chi connectivity index (χ1n) is 9.12. The first-order chi connectivity index (χ1) is 12.8. The molecule has 1 aromatic heterocycles. The fourth-order valence-electron chi connectivity index (χ4n) is 3.56. The molecule has 0 radical (unpaired) electrons. The molecular weight excluding hydrogens is 322 g/mol. The largest absolute Gasteiger partial charge is 0.462 e. The van der Waals surface area contributed by atoms with Gasteiger partial charge >= 0.3 is 5.97 Å². The van der Waals surface area contributed by atoms with E-state index in [0.29, 0.717) is 12.2 Å². The monoisotopic (exact) mass is 343 g/mol. The lowest BCUT2D eigenvalue weighted by molar-refractivity contribution is 0.0526. The third kappa shape index (κ3) is 3.13. The minimum absolute atomic E-state index is 0.274. The average molecular weight is 343 g/mol. The van der Waals surface area contributed by atoms with Crippen molar-refractivity contribution in [2.45, 2.75) is 26.2 Å². The Kier molecular flexibility index (Phi) is 4.53. The maximum Gasteiger partial charge on any atom is 0.338 e. The number of aromatic nitrogens is 1. The number of rotatable bonds is 4. The minimum Gasteiger partial charge on any atom is -0.462 e. The number of ether oxygens (including phenoxy) is 1. The molecule has 0 fully saturated rings. The van der Waals surface area contributed by atoms with E-state index in [1.165, 1.54) is 16.8 Å². The van der Waals surface area contributed by atoms with E-state index < -0.39 is 0 Å². The second-order valence-corrected chi connectivity index (χ2v) is 6.50. The Morgan fingerprint density at radius 1 is 1.00 bits per heavy atom. The standard InChI is InChI=1S/C23H21NO2/c1-2-26-23(25)18-13-11-16(12-14-18)20-15-22(17-7-4-3-5-8-17)24-21-10-6-9-19(20)21/h3-5,7-8,11-15H,2,6,9-10H2,1H3. The molecule has 0 spiro atoms. The number of carbonyl (C=O) groups excluding carboxylic acids is 1. The van der Waals surface area contributed by atoms with E-state index in [1.54, 1.807) is 0 Å². The highest BCUT2D eigenvalue weighted by atomic mass is 16.5. The maximum absolute atomic E-state index is 11.9. The van der Waals surface area contributed by atoms with Crippen LogP contribution in [0.25, 0.3) is 22.4 Å². The van der Waals surface area contributed by atoms with Gasteiger partial charge < -0.3 is 4.74 Å². The Hall–Kier alpha value is -2.94. The minimum atomic E-state index is -0.274. The van der Waals surface area contributed by atoms with Crippen molar-refractivity contribution in [3.63, 3.8) is 0 Å². The van der Waals surface area contributed by atoms with Crippen LogP contribution in [-0.4, -0.2) is 17.6 Å². The highest BCUT2D eigenvalue weighted by molar-refractivity contribution is 5.90. The van der Waals surface area contributed by atoms with Gasteiger partial charge in [-0.3, -0.25) is 4.98 Å². The topological polar surface area (TPSA) is 39.2 Å². The summed E-state index contributed by atoms with van der Waals surface area (Å²) in [6.45, 7) is 2.20. The molecular formula is C23H21NO2. The Labute approximate surface area is 153 Å². The number of aryl methyl sites for hydroxylation is 1. The molecule has 130 valence electrons. The molecule has 3 nitrogen and oxygen atoms in total. The van der Waals surface area contributed by atoms with Crippen LogP contribution in [0, 0.1) is 0 Å². The zero-order chi connectivity index (χ0) is 17.9. The van der Waals surface area contributed by atoms with E-state index in [1.807, 2.05) is 49.4 Å². The molecule has 4 rings (SSSR count). The van der Waals surface area contributed by atoms with Crippen LogP contribution in [0.2, 0.25) is 0 Å². The maximum atomic E-state index is 11.9. The van der Waals surface area contributed by atoms with Crippen LogP contribution >= 0.6 is 0 Å². The van der Waals surface area contributed by atoms with Gasteiger partial charge in [-0.1, -0.05) is 42.5 Å². The number of hydrogen-bond donors (Lipinski definition) is 0. The van der Waals surface area contributed by atoms with E-state index in [0.717, 1.165) is 36.1 Å². The second kappa shape index (κ2) is 7.12. The Morgan fingerprint density at radius 3 is 2.50 bits per heavy atom. The number of hydrogen-bond acceptors (Lipinski definition) is 3. The molecule has 3 heteroatoms. The lowest BCUT2D eigenvalue weighted by atomic mass is 9.96. The average Bonchev–Trinajstić information content (AvgIpc) is 3.17. The number of esters is 1. The van der Waals surface area contributed by atoms with Gasteiger partial charge in [-0.15, -0.1) is 0 Å². The lowest BCUT2D eigenvalue weighted by Gasteiger charge is -2.12. The SMILES string of the molecule is CCOC(=O)c1ccc(-c2cc(-c3ccccc3)nc3c2CCC3)cc1. The first kappa shape index (κ1) is 16.5. The number of pyridine rings is 1. The summed E-state index contributed by atoms with van der Waals surface area (Å²) in [6.07, 6.45) is 3.24. The van der Waals surface area contributed by atoms with E-state index >= 15 is 0 Å². The summed E-state index contributed by atoms with van der Waals surface area (Å²) in [4.78, 5) is 16.8. The van der Waals surface area contributed by atoms with Crippen molar-refractivity contribution < 1.29 is 9.53 Å². The van der Waals surface area contributed by atoms with Gasteiger partial charge in [0.15, 0.2) is 0 Å². The summed E-state index contributed by atoms with van der Waals surface area (Å²) in [5.74, 6) is -0.274. The second-order valence-electron chi connectivity index (χ2n) is 6.50. The molecule has 0 atom stereocenters. The molecule has 0 amide bonds. The number of benzene rings is 2. The molecule has 2 aromatic carbocycles. The predicted molar refractivity (Wildman–Crippen MR) is 103 cm³/mol. The van der Waals surface area contributed by atoms with Gasteiger partial charge in [0, 0.05) is 11.3 Å². The van der Waals surface area contributed by atoms with Gasteiger partial charge in [-0.2, -0.15) is 0 Å². The van der Waals surface area contributed by atoms with Gasteiger partial charge in [0.05, 0.1) is 17.9 Å². The Morgan fingerprint density at radius 2 is 1.77 bits per heavy atom. The first-order valence-corrected chi connectivity index (χ1v) is 9.12. The molecule has 26 heavy (non-hydrogen) atoms. The van der Waals surface area contributed by atoms with Crippen LogP contribution in [-0.2, 0) is 17.6 Å². The van der Waals surface area contributed by atoms with Crippen molar-refractivity contribution in [3.05, 3.63) is 77.5 Å². The van der Waals surface area contributed by atoms with Crippen LogP contribution < -0.4 is 0 Å². The number of nitrogens with zero attached hydrogens (tertiary/aromatic N) is 1. The zero-order valence-electron chi connectivity index (χ0n) is 14.9. The highest BCUT2D eigenvalue weighted by Crippen LogP contribution is 2.35. The summed E-state index contributed by atoms with van der Waals surface area (Å²) in [5, 5.41) is 0. The fraction of sp³-hybridized carbons (Fsp3) is 0.217. The Balaban J connectivity index is 1.76. The van der Waals surface area contributed by atoms with Gasteiger partial charge in [0.2, 0.25) is 0 Å². The van der Waals surface area contributed by atoms with E-state index in [9.17, 15) is 4.79 Å². The van der Waals surface area contributed by atoms with Gasteiger partial charge in [0.25, 0.3) is 0 Å². The molecule has 0 N–H and O–H groups in total. The summed E-state index contributed by atoms with van der Waals surface area (Å²) in [7, 11) is 0. The van der Waals surface area contributed by atoms with Crippen LogP contribution in [0.4, 0.5) is 0 Å². The van der Waals surface area contributed by atoms with Crippen molar-refractivity contribution in [1.82, 2.24) is 4.98 Å². The predicted octanol–water partition coefficient (Wildman–Crippen LogP) is 5.08. The van der Waals surface area contributed by atoms with Crippen LogP contribution in [0.5, 0.6) is 0 Å². The zero-order valence-corrected chi connectivity index (χ0v) is 14.9. The summed E-state index contributed by atoms with van der Waals surface area (Å²) >= 11 is 0. The summed E-state index contributed by atoms with van der Waals surface area (Å²) in [5.41, 5.74) is 7.62. The molecule has 0 unspecified atom stereocenters. The fourth-order valence-corrected chi connectivity index (χ4v) is 3.56. The van der Waals surface area contributed by atoms with Crippen molar-refractivity contribution in [1.29, 1.82) is 0 Å². The van der Waals surface area contributed by atoms with Crippen molar-refractivity contribution >= 4 is 5.97 Å². The molecule has 3 aromatic rings. The van der Waals surface area contributed by atoms with Crippen LogP contribution in [0.3, 0.4) is 0 Å². The van der Waals surface area contributed by atoms with Crippen molar-refractivity contribution in [2.75, 3.05) is 6.61 Å². The Bertz CT molecular complexity index is 930. The van der Waals surface area contributed by atoms with Crippen molar-refractivity contribution in [2.24, 2.45) is 0 Å². The van der Waals surface area contributed by atoms with E-state index in [2.05, 4.69) is 18.2 Å². The molecule has 1 heterocycles. The molecule has 0 aliphatic heterocycles. The normalized spacial score (nSPS) is 12.7. The summed E-state index contributed by atoms with van der Waals surface area (Å²) < 4.78 is 5.08. The molecule has 0 bridgehead atoms.